The monoisotopic (exact) mass is 638 g/mol. The second kappa shape index (κ2) is 13.8. The summed E-state index contributed by atoms with van der Waals surface area (Å²) in [4.78, 5) is 27.7. The van der Waals surface area contributed by atoms with Gasteiger partial charge in [-0.15, -0.1) is 21.5 Å². The molecule has 10 nitrogen and oxygen atoms in total. The minimum atomic E-state index is -0.265. The Labute approximate surface area is 268 Å². The highest BCUT2D eigenvalue weighted by atomic mass is 32.2. The first-order valence-electron chi connectivity index (χ1n) is 14.2. The zero-order valence-electron chi connectivity index (χ0n) is 24.6. The third kappa shape index (κ3) is 6.76. The van der Waals surface area contributed by atoms with Crippen molar-refractivity contribution in [1.82, 2.24) is 25.1 Å². The molecule has 1 N–H and O–H groups in total. The molecule has 45 heavy (non-hydrogen) atoms. The van der Waals surface area contributed by atoms with E-state index in [4.69, 9.17) is 14.6 Å². The Kier molecular flexibility index (Phi) is 9.22. The van der Waals surface area contributed by atoms with E-state index in [0.29, 0.717) is 28.7 Å². The van der Waals surface area contributed by atoms with Crippen LogP contribution in [0.1, 0.15) is 39.1 Å². The highest BCUT2D eigenvalue weighted by molar-refractivity contribution is 7.99. The Morgan fingerprint density at radius 1 is 0.933 bits per heavy atom. The van der Waals surface area contributed by atoms with Gasteiger partial charge in [0.2, 0.25) is 0 Å². The zero-order valence-corrected chi connectivity index (χ0v) is 26.3. The van der Waals surface area contributed by atoms with Crippen molar-refractivity contribution in [3.63, 3.8) is 0 Å². The fraction of sp³-hybridized carbons (Fsp3) is 0.182. The number of para-hydroxylation sites is 1. The van der Waals surface area contributed by atoms with Crippen LogP contribution in [-0.4, -0.2) is 57.3 Å². The Hall–Kier alpha value is -4.94. The van der Waals surface area contributed by atoms with Gasteiger partial charge < -0.3 is 14.8 Å². The fourth-order valence-corrected chi connectivity index (χ4v) is 6.52. The first-order valence-corrected chi connectivity index (χ1v) is 16.0. The molecule has 1 unspecified atom stereocenters. The smallest absolute Gasteiger partial charge is 0.253 e. The third-order valence-corrected chi connectivity index (χ3v) is 9.08. The van der Waals surface area contributed by atoms with E-state index in [0.717, 1.165) is 27.6 Å². The van der Waals surface area contributed by atoms with E-state index in [2.05, 4.69) is 15.5 Å². The van der Waals surface area contributed by atoms with Crippen LogP contribution in [0.15, 0.2) is 107 Å². The maximum atomic E-state index is 13.8. The summed E-state index contributed by atoms with van der Waals surface area (Å²) in [5, 5.41) is 20.6. The normalized spacial score (nSPS) is 14.2. The van der Waals surface area contributed by atoms with Crippen LogP contribution < -0.4 is 14.8 Å². The molecule has 3 heterocycles. The molecule has 0 bridgehead atoms. The number of hydrogen-bond donors (Lipinski definition) is 1. The molecular weight excluding hydrogens is 609 g/mol. The topological polar surface area (TPSA) is 111 Å². The standard InChI is InChI=1S/C33H30N6O4S2/c1-42-25-15-13-22(14-16-25)28-19-27(29-12-7-17-44-29)37-39(28)31(40)21-45-33-36-35-30(38(33)24-9-4-3-5-10-24)20-34-32(41)23-8-6-11-26(18-23)43-2/h3-18,28H,19-21H2,1-2H3,(H,34,41). The number of thiophene rings is 1. The number of hydrogen-bond acceptors (Lipinski definition) is 9. The summed E-state index contributed by atoms with van der Waals surface area (Å²) in [7, 11) is 3.19. The summed E-state index contributed by atoms with van der Waals surface area (Å²) in [6, 6.07) is 28.1. The molecule has 2 amide bonds. The van der Waals surface area contributed by atoms with Gasteiger partial charge >= 0.3 is 0 Å². The lowest BCUT2D eigenvalue weighted by Crippen LogP contribution is -2.28. The fourth-order valence-electron chi connectivity index (χ4n) is 4.98. The van der Waals surface area contributed by atoms with E-state index < -0.39 is 0 Å². The predicted octanol–water partition coefficient (Wildman–Crippen LogP) is 5.75. The van der Waals surface area contributed by atoms with Gasteiger partial charge in [0, 0.05) is 17.7 Å². The highest BCUT2D eigenvalue weighted by Crippen LogP contribution is 2.35. The number of thioether (sulfide) groups is 1. The summed E-state index contributed by atoms with van der Waals surface area (Å²) in [5.41, 5.74) is 3.15. The van der Waals surface area contributed by atoms with Crippen LogP contribution >= 0.6 is 23.1 Å². The molecule has 1 aliphatic heterocycles. The Morgan fingerprint density at radius 3 is 2.47 bits per heavy atom. The van der Waals surface area contributed by atoms with Gasteiger partial charge in [-0.1, -0.05) is 54.2 Å². The molecule has 228 valence electrons. The average molecular weight is 639 g/mol. The zero-order chi connectivity index (χ0) is 31.2. The molecule has 5 aromatic rings. The SMILES string of the molecule is COc1ccc(C2CC(c3cccs3)=NN2C(=O)CSc2nnc(CNC(=O)c3cccc(OC)c3)n2-c2ccccc2)cc1. The van der Waals surface area contributed by atoms with E-state index in [1.807, 2.05) is 76.7 Å². The second-order valence-corrected chi connectivity index (χ2v) is 11.9. The Bertz CT molecular complexity index is 1810. The molecule has 12 heteroatoms. The number of nitrogens with one attached hydrogen (secondary N) is 1. The van der Waals surface area contributed by atoms with Crippen molar-refractivity contribution in [3.05, 3.63) is 118 Å². The highest BCUT2D eigenvalue weighted by Gasteiger charge is 2.33. The van der Waals surface area contributed by atoms with Crippen LogP contribution in [0.3, 0.4) is 0 Å². The van der Waals surface area contributed by atoms with Crippen molar-refractivity contribution >= 4 is 40.6 Å². The van der Waals surface area contributed by atoms with E-state index in [1.165, 1.54) is 11.8 Å². The number of aromatic nitrogens is 3. The van der Waals surface area contributed by atoms with Crippen LogP contribution in [0, 0.1) is 0 Å². The molecule has 0 radical (unpaired) electrons. The molecule has 1 atom stereocenters. The number of methoxy groups -OCH3 is 2. The molecule has 0 saturated carbocycles. The van der Waals surface area contributed by atoms with Crippen LogP contribution in [0.5, 0.6) is 11.5 Å². The van der Waals surface area contributed by atoms with Gasteiger partial charge in [0.15, 0.2) is 11.0 Å². The summed E-state index contributed by atoms with van der Waals surface area (Å²) >= 11 is 2.88. The molecule has 0 spiro atoms. The molecular formula is C33H30N6O4S2. The van der Waals surface area contributed by atoms with E-state index in [9.17, 15) is 9.59 Å². The van der Waals surface area contributed by atoms with Crippen molar-refractivity contribution in [2.24, 2.45) is 5.10 Å². The molecule has 3 aromatic carbocycles. The van der Waals surface area contributed by atoms with Crippen LogP contribution in [-0.2, 0) is 11.3 Å². The number of carbonyl (C=O) groups excluding carboxylic acids is 2. The van der Waals surface area contributed by atoms with E-state index >= 15 is 0 Å². The third-order valence-electron chi connectivity index (χ3n) is 7.25. The first kappa shape index (κ1) is 30.1. The van der Waals surface area contributed by atoms with Crippen molar-refractivity contribution in [2.75, 3.05) is 20.0 Å². The first-order chi connectivity index (χ1) is 22.0. The summed E-state index contributed by atoms with van der Waals surface area (Å²) in [6.07, 6.45) is 0.612. The van der Waals surface area contributed by atoms with Gasteiger partial charge in [0.1, 0.15) is 11.5 Å². The maximum absolute atomic E-state index is 13.8. The number of hydrazone groups is 1. The minimum Gasteiger partial charge on any atom is -0.497 e. The minimum absolute atomic E-state index is 0.0923. The number of benzene rings is 3. The van der Waals surface area contributed by atoms with Crippen molar-refractivity contribution in [1.29, 1.82) is 0 Å². The van der Waals surface area contributed by atoms with Crippen LogP contribution in [0.4, 0.5) is 0 Å². The molecule has 0 fully saturated rings. The molecule has 1 aliphatic rings. The maximum Gasteiger partial charge on any atom is 0.253 e. The van der Waals surface area contributed by atoms with Gasteiger partial charge in [-0.05, 0) is 59.5 Å². The second-order valence-electron chi connectivity index (χ2n) is 10.0. The van der Waals surface area contributed by atoms with Crippen LogP contribution in [0.25, 0.3) is 5.69 Å². The lowest BCUT2D eigenvalue weighted by molar-refractivity contribution is -0.130. The lowest BCUT2D eigenvalue weighted by Gasteiger charge is -2.22. The Morgan fingerprint density at radius 2 is 1.73 bits per heavy atom. The van der Waals surface area contributed by atoms with Crippen LogP contribution in [0.2, 0.25) is 0 Å². The largest absolute Gasteiger partial charge is 0.497 e. The summed E-state index contributed by atoms with van der Waals surface area (Å²) in [5.74, 6) is 1.55. The van der Waals surface area contributed by atoms with Crippen molar-refractivity contribution < 1.29 is 19.1 Å². The summed E-state index contributed by atoms with van der Waals surface area (Å²) < 4.78 is 12.4. The van der Waals surface area contributed by atoms with Gasteiger partial charge in [0.05, 0.1) is 43.1 Å². The number of amides is 2. The average Bonchev–Trinajstić information content (AvgIpc) is 3.87. The molecule has 2 aromatic heterocycles. The predicted molar refractivity (Wildman–Crippen MR) is 174 cm³/mol. The van der Waals surface area contributed by atoms with Gasteiger partial charge in [-0.3, -0.25) is 14.2 Å². The number of nitrogens with zero attached hydrogens (tertiary/aromatic N) is 5. The molecule has 6 rings (SSSR count). The number of rotatable bonds is 11. The van der Waals surface area contributed by atoms with Crippen molar-refractivity contribution in [2.45, 2.75) is 24.2 Å². The van der Waals surface area contributed by atoms with Gasteiger partial charge in [0.25, 0.3) is 11.8 Å². The molecule has 0 saturated heterocycles. The number of carbonyl (C=O) groups is 2. The van der Waals surface area contributed by atoms with Crippen molar-refractivity contribution in [3.8, 4) is 17.2 Å². The summed E-state index contributed by atoms with van der Waals surface area (Å²) in [6.45, 7) is 0.132. The quantitative estimate of drug-likeness (QED) is 0.184. The van der Waals surface area contributed by atoms with Gasteiger partial charge in [-0.2, -0.15) is 5.10 Å². The number of ether oxygens (including phenoxy) is 2. The van der Waals surface area contributed by atoms with Gasteiger partial charge in [-0.25, -0.2) is 5.01 Å². The van der Waals surface area contributed by atoms with E-state index in [1.54, 1.807) is 54.8 Å². The molecule has 0 aliphatic carbocycles. The van der Waals surface area contributed by atoms with E-state index in [-0.39, 0.29) is 30.2 Å². The lowest BCUT2D eigenvalue weighted by atomic mass is 10.0. The Balaban J connectivity index is 1.21.